The molecule has 0 saturated carbocycles. The predicted molar refractivity (Wildman–Crippen MR) is 86.0 cm³/mol. The normalized spacial score (nSPS) is 13.3. The molecular weight excluding hydrogens is 288 g/mol. The third kappa shape index (κ3) is 2.97. The van der Waals surface area contributed by atoms with Gasteiger partial charge in [0.2, 0.25) is 0 Å². The lowest BCUT2D eigenvalue weighted by Crippen LogP contribution is -2.29. The minimum absolute atomic E-state index is 0.388. The topological polar surface area (TPSA) is 72.7 Å². The van der Waals surface area contributed by atoms with Gasteiger partial charge in [-0.2, -0.15) is 0 Å². The Morgan fingerprint density at radius 1 is 1.43 bits per heavy atom. The Kier molecular flexibility index (Phi) is 4.72. The first kappa shape index (κ1) is 15.6. The van der Waals surface area contributed by atoms with Gasteiger partial charge in [-0.1, -0.05) is 37.8 Å². The summed E-state index contributed by atoms with van der Waals surface area (Å²) in [5.74, 6) is 0. The van der Waals surface area contributed by atoms with Crippen molar-refractivity contribution in [3.8, 4) is 0 Å². The van der Waals surface area contributed by atoms with Crippen molar-refractivity contribution in [2.24, 2.45) is 7.05 Å². The third-order valence-electron chi connectivity index (χ3n) is 3.38. The molecule has 0 fully saturated rings. The summed E-state index contributed by atoms with van der Waals surface area (Å²) in [6.45, 7) is 6.72. The van der Waals surface area contributed by atoms with E-state index in [1.54, 1.807) is 18.8 Å². The van der Waals surface area contributed by atoms with Crippen LogP contribution in [0, 0.1) is 0 Å². The monoisotopic (exact) mass is 308 g/mol. The lowest BCUT2D eigenvalue weighted by molar-refractivity contribution is 0.738. The van der Waals surface area contributed by atoms with Crippen LogP contribution in [-0.4, -0.2) is 24.4 Å². The first-order valence-corrected chi connectivity index (χ1v) is 7.84. The van der Waals surface area contributed by atoms with E-state index in [4.69, 9.17) is 0 Å². The number of allylic oxidation sites excluding steroid dienone is 2. The number of hydrogen-bond donors (Lipinski definition) is 1. The molecule has 2 rings (SSSR count). The first-order chi connectivity index (χ1) is 9.99. The maximum absolute atomic E-state index is 12.1. The van der Waals surface area contributed by atoms with E-state index in [2.05, 4.69) is 23.8 Å². The van der Waals surface area contributed by atoms with Crippen LogP contribution in [-0.2, 0) is 13.6 Å². The highest BCUT2D eigenvalue weighted by Crippen LogP contribution is 2.26. The van der Waals surface area contributed by atoms with E-state index < -0.39 is 5.69 Å². The molecule has 6 nitrogen and oxygen atoms in total. The summed E-state index contributed by atoms with van der Waals surface area (Å²) in [6, 6.07) is 0. The second-order valence-electron chi connectivity index (χ2n) is 4.90. The molecule has 7 heteroatoms. The van der Waals surface area contributed by atoms with Crippen LogP contribution in [0.15, 0.2) is 26.9 Å². The van der Waals surface area contributed by atoms with Crippen LogP contribution < -0.4 is 11.2 Å². The molecule has 0 amide bonds. The number of thioether (sulfide) groups is 1. The Morgan fingerprint density at radius 3 is 2.76 bits per heavy atom. The van der Waals surface area contributed by atoms with Gasteiger partial charge in [0.25, 0.3) is 5.56 Å². The van der Waals surface area contributed by atoms with E-state index in [-0.39, 0.29) is 5.56 Å². The van der Waals surface area contributed by atoms with Gasteiger partial charge in [0, 0.05) is 18.8 Å². The fourth-order valence-corrected chi connectivity index (χ4v) is 2.91. The maximum Gasteiger partial charge on any atom is 0.329 e. The Morgan fingerprint density at radius 2 is 2.14 bits per heavy atom. The van der Waals surface area contributed by atoms with Gasteiger partial charge >= 0.3 is 5.69 Å². The number of aromatic nitrogens is 4. The highest BCUT2D eigenvalue weighted by Gasteiger charge is 2.18. The number of fused-ring (bicyclic) bond motifs is 1. The molecule has 0 saturated heterocycles. The van der Waals surface area contributed by atoms with Gasteiger partial charge in [0.05, 0.1) is 0 Å². The molecular formula is C14H20N4O2S. The van der Waals surface area contributed by atoms with Gasteiger partial charge in [-0.05, 0) is 13.3 Å². The largest absolute Gasteiger partial charge is 0.329 e. The Bertz CT molecular complexity index is 785. The minimum Gasteiger partial charge on any atom is -0.309 e. The van der Waals surface area contributed by atoms with E-state index in [0.29, 0.717) is 23.0 Å². The van der Waals surface area contributed by atoms with Gasteiger partial charge in [-0.3, -0.25) is 14.3 Å². The zero-order valence-electron chi connectivity index (χ0n) is 12.7. The molecule has 1 N–H and O–H groups in total. The lowest BCUT2D eigenvalue weighted by atomic mass is 10.4. The number of imidazole rings is 1. The Balaban J connectivity index is 2.72. The van der Waals surface area contributed by atoms with Crippen LogP contribution in [0.1, 0.15) is 27.2 Å². The summed E-state index contributed by atoms with van der Waals surface area (Å²) in [5, 5.41) is 1.16. The van der Waals surface area contributed by atoms with E-state index in [1.165, 1.54) is 4.57 Å². The quantitative estimate of drug-likeness (QED) is 0.676. The first-order valence-electron chi connectivity index (χ1n) is 6.96. The molecule has 114 valence electrons. The van der Waals surface area contributed by atoms with Crippen molar-refractivity contribution in [1.29, 1.82) is 0 Å². The van der Waals surface area contributed by atoms with Crippen molar-refractivity contribution < 1.29 is 0 Å². The van der Waals surface area contributed by atoms with Crippen molar-refractivity contribution >= 4 is 22.9 Å². The fraction of sp³-hybridized carbons (Fsp3) is 0.500. The molecule has 2 aromatic heterocycles. The van der Waals surface area contributed by atoms with Crippen LogP contribution in [0.5, 0.6) is 0 Å². The summed E-state index contributed by atoms with van der Waals surface area (Å²) in [7, 11) is 1.62. The van der Waals surface area contributed by atoms with Gasteiger partial charge in [-0.25, -0.2) is 9.78 Å². The second-order valence-corrected chi connectivity index (χ2v) is 6.31. The summed E-state index contributed by atoms with van der Waals surface area (Å²) < 4.78 is 3.24. The van der Waals surface area contributed by atoms with Gasteiger partial charge < -0.3 is 4.57 Å². The predicted octanol–water partition coefficient (Wildman–Crippen LogP) is 1.89. The number of aryl methyl sites for hydroxylation is 1. The number of aromatic amines is 1. The zero-order chi connectivity index (χ0) is 15.6. The van der Waals surface area contributed by atoms with Gasteiger partial charge in [0.15, 0.2) is 16.3 Å². The molecule has 0 radical (unpaired) electrons. The summed E-state index contributed by atoms with van der Waals surface area (Å²) in [6.07, 6.45) is 4.90. The summed E-state index contributed by atoms with van der Waals surface area (Å²) in [5.41, 5.74) is 0.0458. The smallest absolute Gasteiger partial charge is 0.309 e. The van der Waals surface area contributed by atoms with Gasteiger partial charge in [0.1, 0.15) is 0 Å². The molecule has 21 heavy (non-hydrogen) atoms. The molecule has 1 atom stereocenters. The SMILES string of the molecule is CC=CCn1c(SC(C)CC)nc2c1c(=O)[nH]c(=O)n2C. The fourth-order valence-electron chi connectivity index (χ4n) is 1.95. The summed E-state index contributed by atoms with van der Waals surface area (Å²) >= 11 is 1.62. The molecule has 0 aliphatic carbocycles. The van der Waals surface area contributed by atoms with E-state index >= 15 is 0 Å². The molecule has 0 spiro atoms. The van der Waals surface area contributed by atoms with Crippen molar-refractivity contribution in [3.63, 3.8) is 0 Å². The van der Waals surface area contributed by atoms with Crippen LogP contribution in [0.2, 0.25) is 0 Å². The lowest BCUT2D eigenvalue weighted by Gasteiger charge is -2.09. The van der Waals surface area contributed by atoms with E-state index in [0.717, 1.165) is 11.6 Å². The van der Waals surface area contributed by atoms with Crippen LogP contribution >= 0.6 is 11.8 Å². The van der Waals surface area contributed by atoms with Gasteiger partial charge in [-0.15, -0.1) is 0 Å². The van der Waals surface area contributed by atoms with Crippen molar-refractivity contribution in [1.82, 2.24) is 19.1 Å². The number of hydrogen-bond acceptors (Lipinski definition) is 4. The number of nitrogens with one attached hydrogen (secondary N) is 1. The Labute approximate surface area is 126 Å². The summed E-state index contributed by atoms with van der Waals surface area (Å²) in [4.78, 5) is 30.7. The maximum atomic E-state index is 12.1. The standard InChI is InChI=1S/C14H20N4O2S/c1-5-7-8-18-10-11(15-14(18)21-9(3)6-2)17(4)13(20)16-12(10)19/h5,7,9H,6,8H2,1-4H3,(H,16,19,20). The molecule has 0 aromatic carbocycles. The van der Waals surface area contributed by atoms with E-state index in [1.807, 2.05) is 23.6 Å². The van der Waals surface area contributed by atoms with Crippen LogP contribution in [0.3, 0.4) is 0 Å². The van der Waals surface area contributed by atoms with Crippen molar-refractivity contribution in [2.45, 2.75) is 44.1 Å². The Hall–Kier alpha value is -1.76. The molecule has 0 aliphatic heterocycles. The highest BCUT2D eigenvalue weighted by atomic mass is 32.2. The number of rotatable bonds is 5. The number of nitrogens with zero attached hydrogens (tertiary/aromatic N) is 3. The number of H-pyrrole nitrogens is 1. The van der Waals surface area contributed by atoms with Crippen molar-refractivity contribution in [2.75, 3.05) is 0 Å². The highest BCUT2D eigenvalue weighted by molar-refractivity contribution is 7.99. The van der Waals surface area contributed by atoms with Crippen molar-refractivity contribution in [3.05, 3.63) is 33.0 Å². The van der Waals surface area contributed by atoms with E-state index in [9.17, 15) is 9.59 Å². The minimum atomic E-state index is -0.441. The molecule has 0 aliphatic rings. The van der Waals surface area contributed by atoms with Crippen LogP contribution in [0.25, 0.3) is 11.2 Å². The molecule has 2 aromatic rings. The zero-order valence-corrected chi connectivity index (χ0v) is 13.5. The molecule has 2 heterocycles. The molecule has 0 bridgehead atoms. The third-order valence-corrected chi connectivity index (χ3v) is 4.64. The average Bonchev–Trinajstić information content (AvgIpc) is 2.81. The van der Waals surface area contributed by atoms with Crippen LogP contribution in [0.4, 0.5) is 0 Å². The average molecular weight is 308 g/mol. The molecule has 1 unspecified atom stereocenters. The second kappa shape index (κ2) is 6.34.